The van der Waals surface area contributed by atoms with Crippen molar-refractivity contribution in [3.05, 3.63) is 12.7 Å². The molecular weight excluding hydrogens is 186 g/mol. The van der Waals surface area contributed by atoms with Crippen LogP contribution in [0.3, 0.4) is 0 Å². The number of hydrogen-bond donors (Lipinski definition) is 2. The third-order valence-electron chi connectivity index (χ3n) is 1.56. The number of rotatable bonds is 2. The molecule has 72 valence electrons. The van der Waals surface area contributed by atoms with Crippen molar-refractivity contribution < 1.29 is 4.79 Å². The van der Waals surface area contributed by atoms with Crippen molar-refractivity contribution in [1.82, 2.24) is 10.4 Å². The zero-order valence-corrected chi connectivity index (χ0v) is 8.26. The van der Waals surface area contributed by atoms with E-state index in [1.807, 2.05) is 5.01 Å². The summed E-state index contributed by atoms with van der Waals surface area (Å²) in [6.07, 6.45) is 3.65. The van der Waals surface area contributed by atoms with Gasteiger partial charge in [0.15, 0.2) is 0 Å². The van der Waals surface area contributed by atoms with Crippen LogP contribution in [0, 0.1) is 10.7 Å². The number of amides is 1. The number of carbonyl (C=O) groups is 1. The average molecular weight is 199 g/mol. The normalized spacial score (nSPS) is 15.1. The summed E-state index contributed by atoms with van der Waals surface area (Å²) in [5.41, 5.74) is 2.70. The third kappa shape index (κ3) is 6.20. The average Bonchev–Trinajstić information content (AvgIpc) is 2.58. The van der Waals surface area contributed by atoms with E-state index in [2.05, 4.69) is 24.6 Å². The summed E-state index contributed by atoms with van der Waals surface area (Å²) in [4.78, 5) is 10.7. The molecule has 0 unspecified atom stereocenters. The van der Waals surface area contributed by atoms with Gasteiger partial charge in [-0.2, -0.15) is 5.26 Å². The molecule has 0 bridgehead atoms. The second-order valence-corrected chi connectivity index (χ2v) is 2.67. The highest BCUT2D eigenvalue weighted by Crippen LogP contribution is 2.02. The minimum absolute atomic E-state index is 0.109. The van der Waals surface area contributed by atoms with E-state index in [0.29, 0.717) is 0 Å². The fourth-order valence-corrected chi connectivity index (χ4v) is 1.03. The van der Waals surface area contributed by atoms with Crippen molar-refractivity contribution in [2.75, 3.05) is 13.1 Å². The van der Waals surface area contributed by atoms with Gasteiger partial charge in [-0.25, -0.2) is 5.01 Å². The highest BCUT2D eigenvalue weighted by molar-refractivity contribution is 7.85. The van der Waals surface area contributed by atoms with Gasteiger partial charge in [-0.1, -0.05) is 19.2 Å². The predicted octanol–water partition coefficient (Wildman–Crippen LogP) is 0.697. The zero-order valence-electron chi connectivity index (χ0n) is 7.36. The quantitative estimate of drug-likeness (QED) is 0.391. The fraction of sp³-hybridized carbons (Fsp3) is 0.500. The Morgan fingerprint density at radius 1 is 1.62 bits per heavy atom. The number of hydrazine groups is 1. The molecule has 1 N–H and O–H groups in total. The van der Waals surface area contributed by atoms with Crippen LogP contribution >= 0.6 is 12.6 Å². The Morgan fingerprint density at radius 3 is 2.46 bits per heavy atom. The summed E-state index contributed by atoms with van der Waals surface area (Å²) < 4.78 is 0. The lowest BCUT2D eigenvalue weighted by Crippen LogP contribution is -2.38. The van der Waals surface area contributed by atoms with E-state index >= 15 is 0 Å². The van der Waals surface area contributed by atoms with E-state index in [0.717, 1.165) is 13.1 Å². The highest BCUT2D eigenvalue weighted by atomic mass is 32.1. The van der Waals surface area contributed by atoms with Crippen molar-refractivity contribution in [2.24, 2.45) is 0 Å². The standard InChI is InChI=1S/C7H12N2O.CHNS/c1-2-7(10)8-9-5-3-4-6-9;2-1-3/h2H,1,3-6H2,(H,8,10);3H. The van der Waals surface area contributed by atoms with E-state index in [4.69, 9.17) is 5.26 Å². The first-order valence-electron chi connectivity index (χ1n) is 3.95. The first kappa shape index (κ1) is 12.0. The molecule has 0 atom stereocenters. The van der Waals surface area contributed by atoms with E-state index in [1.54, 1.807) is 0 Å². The Kier molecular flexibility index (Phi) is 7.07. The topological polar surface area (TPSA) is 56.1 Å². The van der Waals surface area contributed by atoms with Crippen molar-refractivity contribution in [3.63, 3.8) is 0 Å². The third-order valence-corrected chi connectivity index (χ3v) is 1.56. The number of thiocyanates is 1. The van der Waals surface area contributed by atoms with Gasteiger partial charge in [-0.3, -0.25) is 10.2 Å². The molecule has 0 aromatic carbocycles. The van der Waals surface area contributed by atoms with Crippen LogP contribution in [0.1, 0.15) is 12.8 Å². The molecule has 0 spiro atoms. The SMILES string of the molecule is C=CC(=O)NN1CCCC1.N#CS. The zero-order chi connectivity index (χ0) is 10.1. The van der Waals surface area contributed by atoms with Crippen molar-refractivity contribution in [3.8, 4) is 5.40 Å². The van der Waals surface area contributed by atoms with Crippen LogP contribution in [0.4, 0.5) is 0 Å². The molecule has 5 heteroatoms. The van der Waals surface area contributed by atoms with Gasteiger partial charge in [-0.15, -0.1) is 0 Å². The van der Waals surface area contributed by atoms with Crippen LogP contribution in [0.15, 0.2) is 12.7 Å². The Bertz CT molecular complexity index is 206. The van der Waals surface area contributed by atoms with Crippen LogP contribution < -0.4 is 5.43 Å². The van der Waals surface area contributed by atoms with Crippen LogP contribution in [0.2, 0.25) is 0 Å². The molecule has 4 nitrogen and oxygen atoms in total. The Hall–Kier alpha value is -0.990. The Balaban J connectivity index is 0.000000424. The minimum Gasteiger partial charge on any atom is -0.285 e. The number of nitriles is 1. The van der Waals surface area contributed by atoms with E-state index in [1.165, 1.54) is 24.3 Å². The molecule has 0 radical (unpaired) electrons. The van der Waals surface area contributed by atoms with Gasteiger partial charge in [0.1, 0.15) is 5.40 Å². The molecule has 0 aromatic rings. The monoisotopic (exact) mass is 199 g/mol. The van der Waals surface area contributed by atoms with Crippen molar-refractivity contribution >= 4 is 18.5 Å². The van der Waals surface area contributed by atoms with Gasteiger partial charge in [0, 0.05) is 13.1 Å². The molecule has 1 aliphatic heterocycles. The molecule has 1 saturated heterocycles. The van der Waals surface area contributed by atoms with E-state index in [-0.39, 0.29) is 5.91 Å². The number of nitrogens with one attached hydrogen (secondary N) is 1. The van der Waals surface area contributed by atoms with Crippen LogP contribution in [-0.2, 0) is 4.79 Å². The summed E-state index contributed by atoms with van der Waals surface area (Å²) in [6.45, 7) is 5.31. The van der Waals surface area contributed by atoms with Crippen LogP contribution in [-0.4, -0.2) is 24.0 Å². The molecular formula is C8H13N3OS. The Labute approximate surface area is 83.6 Å². The maximum Gasteiger partial charge on any atom is 0.257 e. The smallest absolute Gasteiger partial charge is 0.257 e. The molecule has 1 heterocycles. The fourth-order valence-electron chi connectivity index (χ4n) is 1.03. The number of thiol groups is 1. The molecule has 0 aliphatic carbocycles. The summed E-state index contributed by atoms with van der Waals surface area (Å²) in [5, 5.41) is 10.5. The molecule has 13 heavy (non-hydrogen) atoms. The second kappa shape index (κ2) is 7.65. The van der Waals surface area contributed by atoms with Crippen molar-refractivity contribution in [2.45, 2.75) is 12.8 Å². The van der Waals surface area contributed by atoms with Gasteiger partial charge < -0.3 is 0 Å². The maximum absolute atomic E-state index is 10.7. The van der Waals surface area contributed by atoms with Gasteiger partial charge >= 0.3 is 0 Å². The van der Waals surface area contributed by atoms with Gasteiger partial charge in [0.05, 0.1) is 0 Å². The second-order valence-electron chi connectivity index (χ2n) is 2.47. The molecule has 1 rings (SSSR count). The first-order valence-corrected chi connectivity index (χ1v) is 4.40. The molecule has 1 fully saturated rings. The van der Waals surface area contributed by atoms with Gasteiger partial charge in [0.25, 0.3) is 5.91 Å². The summed E-state index contributed by atoms with van der Waals surface area (Å²) in [5.74, 6) is -0.109. The van der Waals surface area contributed by atoms with E-state index in [9.17, 15) is 4.79 Å². The van der Waals surface area contributed by atoms with Gasteiger partial charge in [0.2, 0.25) is 0 Å². The molecule has 1 amide bonds. The Morgan fingerprint density at radius 2 is 2.08 bits per heavy atom. The summed E-state index contributed by atoms with van der Waals surface area (Å²) in [7, 11) is 0. The maximum atomic E-state index is 10.7. The van der Waals surface area contributed by atoms with Crippen molar-refractivity contribution in [1.29, 1.82) is 5.26 Å². The van der Waals surface area contributed by atoms with E-state index < -0.39 is 0 Å². The lowest BCUT2D eigenvalue weighted by Gasteiger charge is -2.13. The number of nitrogens with zero attached hydrogens (tertiary/aromatic N) is 2. The largest absolute Gasteiger partial charge is 0.285 e. The number of hydrogen-bond acceptors (Lipinski definition) is 4. The molecule has 0 saturated carbocycles. The molecule has 1 aliphatic rings. The van der Waals surface area contributed by atoms with Gasteiger partial charge in [-0.05, 0) is 18.9 Å². The summed E-state index contributed by atoms with van der Waals surface area (Å²) >= 11 is 3.09. The first-order chi connectivity index (χ1) is 6.24. The predicted molar refractivity (Wildman–Crippen MR) is 53.7 cm³/mol. The lowest BCUT2D eigenvalue weighted by molar-refractivity contribution is -0.120. The minimum atomic E-state index is -0.109. The van der Waals surface area contributed by atoms with Crippen LogP contribution in [0.25, 0.3) is 0 Å². The lowest BCUT2D eigenvalue weighted by atomic mass is 10.4. The highest BCUT2D eigenvalue weighted by Gasteiger charge is 2.11. The van der Waals surface area contributed by atoms with Crippen LogP contribution in [0.5, 0.6) is 0 Å². The number of carbonyl (C=O) groups excluding carboxylic acids is 1. The molecule has 0 aromatic heterocycles. The summed E-state index contributed by atoms with van der Waals surface area (Å²) in [6, 6.07) is 0.